The summed E-state index contributed by atoms with van der Waals surface area (Å²) in [5, 5.41) is 0. The van der Waals surface area contributed by atoms with Crippen LogP contribution in [0, 0.1) is 5.92 Å². The van der Waals surface area contributed by atoms with E-state index in [1.165, 1.54) is 32.2 Å². The van der Waals surface area contributed by atoms with E-state index in [1.54, 1.807) is 0 Å². The average molecular weight is 402 g/mol. The van der Waals surface area contributed by atoms with Crippen molar-refractivity contribution in [3.05, 3.63) is 18.2 Å². The predicted octanol–water partition coefficient (Wildman–Crippen LogP) is 1.23. The number of amides is 1. The second kappa shape index (κ2) is 6.82. The Kier molecular flexibility index (Phi) is 5.02. The summed E-state index contributed by atoms with van der Waals surface area (Å²) in [6, 6.07) is 3.78. The first-order chi connectivity index (χ1) is 12.2. The lowest BCUT2D eigenvalue weighted by atomic mass is 10.2. The summed E-state index contributed by atoms with van der Waals surface area (Å²) in [5.74, 6) is -1.43. The Morgan fingerprint density at radius 3 is 2.42 bits per heavy atom. The van der Waals surface area contributed by atoms with Crippen molar-refractivity contribution in [2.45, 2.75) is 43.5 Å². The number of methoxy groups -OCH3 is 1. The minimum atomic E-state index is -3.91. The molecule has 1 aromatic carbocycles. The number of sulfonamides is 2. The van der Waals surface area contributed by atoms with Gasteiger partial charge in [0.1, 0.15) is 10.6 Å². The number of hydrogen-bond acceptors (Lipinski definition) is 6. The van der Waals surface area contributed by atoms with E-state index in [1.807, 2.05) is 0 Å². The third-order valence-electron chi connectivity index (χ3n) is 4.71. The largest absolute Gasteiger partial charge is 0.495 e. The van der Waals surface area contributed by atoms with Gasteiger partial charge in [-0.2, -0.15) is 0 Å². The Bertz CT molecular complexity index is 920. The Morgan fingerprint density at radius 2 is 1.88 bits per heavy atom. The van der Waals surface area contributed by atoms with Crippen LogP contribution in [0.4, 0.5) is 5.69 Å². The molecule has 1 aromatic rings. The molecule has 1 heterocycles. The van der Waals surface area contributed by atoms with E-state index in [2.05, 4.69) is 4.72 Å². The molecule has 0 aromatic heterocycles. The average Bonchev–Trinajstić information content (AvgIpc) is 3.12. The highest BCUT2D eigenvalue weighted by atomic mass is 32.2. The van der Waals surface area contributed by atoms with Gasteiger partial charge in [0.25, 0.3) is 0 Å². The van der Waals surface area contributed by atoms with E-state index in [4.69, 9.17) is 4.74 Å². The van der Waals surface area contributed by atoms with Crippen LogP contribution in [-0.4, -0.2) is 41.6 Å². The molecule has 1 unspecified atom stereocenters. The van der Waals surface area contributed by atoms with Crippen molar-refractivity contribution >= 4 is 31.6 Å². The van der Waals surface area contributed by atoms with Crippen molar-refractivity contribution < 1.29 is 26.4 Å². The summed E-state index contributed by atoms with van der Waals surface area (Å²) in [4.78, 5) is 12.1. The van der Waals surface area contributed by atoms with Crippen molar-refractivity contribution in [2.24, 2.45) is 5.92 Å². The van der Waals surface area contributed by atoms with Crippen molar-refractivity contribution in [2.75, 3.05) is 17.2 Å². The normalized spacial score (nSPS) is 23.5. The molecule has 2 aliphatic rings. The molecule has 0 spiro atoms. The molecular formula is C16H22N2O6S2. The monoisotopic (exact) mass is 402 g/mol. The van der Waals surface area contributed by atoms with Crippen LogP contribution in [0.2, 0.25) is 0 Å². The van der Waals surface area contributed by atoms with E-state index in [0.717, 1.165) is 25.7 Å². The molecule has 1 aliphatic heterocycles. The van der Waals surface area contributed by atoms with Gasteiger partial charge in [-0.25, -0.2) is 25.9 Å². The molecule has 1 aliphatic carbocycles. The van der Waals surface area contributed by atoms with Gasteiger partial charge in [0.15, 0.2) is 0 Å². The zero-order valence-electron chi connectivity index (χ0n) is 14.6. The number of anilines is 1. The lowest BCUT2D eigenvalue weighted by Crippen LogP contribution is -2.33. The number of carbonyl (C=O) groups is 1. The Balaban J connectivity index is 2.03. The molecule has 144 valence electrons. The van der Waals surface area contributed by atoms with Crippen molar-refractivity contribution in [1.82, 2.24) is 4.72 Å². The number of nitrogens with one attached hydrogen (secondary N) is 1. The molecule has 3 rings (SSSR count). The summed E-state index contributed by atoms with van der Waals surface area (Å²) in [6.45, 7) is 1.53. The molecule has 1 saturated carbocycles. The standard InChI is InChI=1S/C16H22N2O6S2/c1-11-10-25(20,21)18(16(11)19)13-7-8-14(24-2)15(9-13)26(22,23)17-12-5-3-4-6-12/h7-9,11-12,17H,3-6,10H2,1-2H3. The van der Waals surface area contributed by atoms with E-state index in [9.17, 15) is 21.6 Å². The molecular weight excluding hydrogens is 380 g/mol. The number of carbonyl (C=O) groups excluding carboxylic acids is 1. The molecule has 1 saturated heterocycles. The van der Waals surface area contributed by atoms with Crippen molar-refractivity contribution in [3.8, 4) is 5.75 Å². The van der Waals surface area contributed by atoms with Crippen molar-refractivity contribution in [1.29, 1.82) is 0 Å². The quantitative estimate of drug-likeness (QED) is 0.793. The van der Waals surface area contributed by atoms with Crippen LogP contribution in [0.1, 0.15) is 32.6 Å². The number of ether oxygens (including phenoxy) is 1. The fraction of sp³-hybridized carbons (Fsp3) is 0.562. The van der Waals surface area contributed by atoms with E-state index >= 15 is 0 Å². The summed E-state index contributed by atoms with van der Waals surface area (Å²) in [5.41, 5.74) is 0.00643. The maximum absolute atomic E-state index is 12.8. The zero-order chi connectivity index (χ0) is 19.1. The van der Waals surface area contributed by atoms with Crippen LogP contribution in [-0.2, 0) is 24.8 Å². The number of nitrogens with zero attached hydrogens (tertiary/aromatic N) is 1. The lowest BCUT2D eigenvalue weighted by molar-refractivity contribution is -0.119. The predicted molar refractivity (Wildman–Crippen MR) is 96.0 cm³/mol. The summed E-state index contributed by atoms with van der Waals surface area (Å²) in [6.07, 6.45) is 3.45. The highest BCUT2D eigenvalue weighted by Gasteiger charge is 2.42. The first-order valence-corrected chi connectivity index (χ1v) is 11.5. The van der Waals surface area contributed by atoms with Gasteiger partial charge >= 0.3 is 0 Å². The molecule has 8 nitrogen and oxygen atoms in total. The summed E-state index contributed by atoms with van der Waals surface area (Å²) >= 11 is 0. The molecule has 1 atom stereocenters. The molecule has 10 heteroatoms. The first-order valence-electron chi connectivity index (χ1n) is 8.43. The zero-order valence-corrected chi connectivity index (χ0v) is 16.3. The Hall–Kier alpha value is -1.65. The first kappa shape index (κ1) is 19.1. The smallest absolute Gasteiger partial charge is 0.244 e. The molecule has 2 fully saturated rings. The Labute approximate surface area is 153 Å². The fourth-order valence-electron chi connectivity index (χ4n) is 3.42. The molecule has 26 heavy (non-hydrogen) atoms. The maximum atomic E-state index is 12.8. The van der Waals surface area contributed by atoms with Crippen LogP contribution in [0.15, 0.2) is 23.1 Å². The van der Waals surface area contributed by atoms with Crippen LogP contribution < -0.4 is 13.8 Å². The molecule has 0 bridgehead atoms. The number of rotatable bonds is 5. The molecule has 0 radical (unpaired) electrons. The highest BCUT2D eigenvalue weighted by Crippen LogP contribution is 2.34. The summed E-state index contributed by atoms with van der Waals surface area (Å²) in [7, 11) is -6.39. The topological polar surface area (TPSA) is 110 Å². The van der Waals surface area contributed by atoms with E-state index < -0.39 is 31.9 Å². The number of benzene rings is 1. The van der Waals surface area contributed by atoms with Crippen LogP contribution in [0.3, 0.4) is 0 Å². The van der Waals surface area contributed by atoms with Gasteiger partial charge in [-0.15, -0.1) is 0 Å². The van der Waals surface area contributed by atoms with Gasteiger partial charge in [0.2, 0.25) is 26.0 Å². The fourth-order valence-corrected chi connectivity index (χ4v) is 6.72. The maximum Gasteiger partial charge on any atom is 0.244 e. The minimum Gasteiger partial charge on any atom is -0.495 e. The molecule has 1 amide bonds. The minimum absolute atomic E-state index is 0.00643. The third kappa shape index (κ3) is 3.45. The highest BCUT2D eigenvalue weighted by molar-refractivity contribution is 7.94. The van der Waals surface area contributed by atoms with Crippen molar-refractivity contribution in [3.63, 3.8) is 0 Å². The van der Waals surface area contributed by atoms with Gasteiger partial charge in [-0.05, 0) is 31.0 Å². The number of hydrogen-bond donors (Lipinski definition) is 1. The third-order valence-corrected chi connectivity index (χ3v) is 8.12. The van der Waals surface area contributed by atoms with Crippen LogP contribution >= 0.6 is 0 Å². The van der Waals surface area contributed by atoms with Gasteiger partial charge in [-0.1, -0.05) is 19.8 Å². The SMILES string of the molecule is COc1ccc(N2C(=O)C(C)CS2(=O)=O)cc1S(=O)(=O)NC1CCCC1. The van der Waals surface area contributed by atoms with Gasteiger partial charge in [0.05, 0.1) is 24.5 Å². The van der Waals surface area contributed by atoms with E-state index in [-0.39, 0.29) is 28.1 Å². The Morgan fingerprint density at radius 1 is 1.23 bits per heavy atom. The van der Waals surface area contributed by atoms with Crippen LogP contribution in [0.25, 0.3) is 0 Å². The summed E-state index contributed by atoms with van der Waals surface area (Å²) < 4.78 is 58.6. The second-order valence-electron chi connectivity index (χ2n) is 6.72. The van der Waals surface area contributed by atoms with Gasteiger partial charge in [-0.3, -0.25) is 4.79 Å². The van der Waals surface area contributed by atoms with E-state index in [0.29, 0.717) is 4.31 Å². The van der Waals surface area contributed by atoms with Gasteiger partial charge in [0, 0.05) is 6.04 Å². The lowest BCUT2D eigenvalue weighted by Gasteiger charge is -2.19. The van der Waals surface area contributed by atoms with Crippen LogP contribution in [0.5, 0.6) is 5.75 Å². The molecule has 1 N–H and O–H groups in total. The second-order valence-corrected chi connectivity index (χ2v) is 10.3. The van der Waals surface area contributed by atoms with Gasteiger partial charge < -0.3 is 4.74 Å².